The molecule has 1 atom stereocenters. The van der Waals surface area contributed by atoms with E-state index in [1.807, 2.05) is 6.07 Å². The van der Waals surface area contributed by atoms with Crippen molar-refractivity contribution in [2.24, 2.45) is 5.92 Å². The average molecular weight is 379 g/mol. The van der Waals surface area contributed by atoms with E-state index in [0.29, 0.717) is 12.3 Å². The summed E-state index contributed by atoms with van der Waals surface area (Å²) in [6.45, 7) is 9.68. The maximum atomic E-state index is 10.3. The number of rotatable bonds is 8. The van der Waals surface area contributed by atoms with Gasteiger partial charge in [-0.15, -0.1) is 0 Å². The molecule has 2 fully saturated rings. The second-order valence-corrected chi connectivity index (χ2v) is 7.82. The van der Waals surface area contributed by atoms with Crippen LogP contribution in [-0.2, 0) is 11.3 Å². The van der Waals surface area contributed by atoms with Crippen LogP contribution in [0.2, 0.25) is 0 Å². The number of hydrogen-bond donors (Lipinski definition) is 1. The zero-order valence-corrected chi connectivity index (χ0v) is 16.7. The average Bonchev–Trinajstić information content (AvgIpc) is 2.69. The van der Waals surface area contributed by atoms with E-state index < -0.39 is 6.10 Å². The fourth-order valence-electron chi connectivity index (χ4n) is 3.73. The fraction of sp³-hybridized carbons (Fsp3) is 0.714. The van der Waals surface area contributed by atoms with Crippen LogP contribution in [0.3, 0.4) is 0 Å². The minimum absolute atomic E-state index is 0.261. The van der Waals surface area contributed by atoms with Gasteiger partial charge in [0.25, 0.3) is 0 Å². The monoisotopic (exact) mass is 378 g/mol. The van der Waals surface area contributed by atoms with Crippen LogP contribution in [0, 0.1) is 5.92 Å². The van der Waals surface area contributed by atoms with Crippen LogP contribution >= 0.6 is 0 Å². The first-order chi connectivity index (χ1) is 13.1. The lowest BCUT2D eigenvalue weighted by atomic mass is 9.99. The molecule has 0 amide bonds. The first-order valence-corrected chi connectivity index (χ1v) is 10.1. The van der Waals surface area contributed by atoms with Gasteiger partial charge in [-0.1, -0.05) is 13.0 Å². The minimum Gasteiger partial charge on any atom is -0.493 e. The van der Waals surface area contributed by atoms with Crippen molar-refractivity contribution in [3.05, 3.63) is 23.8 Å². The number of morpholine rings is 1. The Morgan fingerprint density at radius 2 is 1.85 bits per heavy atom. The third kappa shape index (κ3) is 6.35. The van der Waals surface area contributed by atoms with Crippen LogP contribution in [0.25, 0.3) is 0 Å². The summed E-state index contributed by atoms with van der Waals surface area (Å²) in [5, 5.41) is 10.3. The summed E-state index contributed by atoms with van der Waals surface area (Å²) in [7, 11) is 1.67. The Hall–Kier alpha value is -1.34. The summed E-state index contributed by atoms with van der Waals surface area (Å²) in [4.78, 5) is 4.71. The van der Waals surface area contributed by atoms with Crippen molar-refractivity contribution < 1.29 is 19.3 Å². The SMILES string of the molecule is COc1cc(CN2CCC(C)CC2)ccc1OC[C@@H](O)CN1CCOCC1. The summed E-state index contributed by atoms with van der Waals surface area (Å²) < 4.78 is 16.7. The standard InChI is InChI=1S/C21H34N2O4/c1-17-5-7-22(8-6-17)14-18-3-4-20(21(13-18)25-2)27-16-19(24)15-23-9-11-26-12-10-23/h3-4,13,17,19,24H,5-12,14-16H2,1-2H3/t19-/m0/s1. The van der Waals surface area contributed by atoms with Crippen molar-refractivity contribution in [2.45, 2.75) is 32.4 Å². The molecule has 2 aliphatic rings. The van der Waals surface area contributed by atoms with E-state index in [9.17, 15) is 5.11 Å². The third-order valence-electron chi connectivity index (χ3n) is 5.51. The molecule has 0 aromatic heterocycles. The van der Waals surface area contributed by atoms with Crippen molar-refractivity contribution in [3.8, 4) is 11.5 Å². The molecule has 6 nitrogen and oxygen atoms in total. The molecule has 6 heteroatoms. The first kappa shape index (κ1) is 20.4. The zero-order chi connectivity index (χ0) is 19.1. The summed E-state index contributed by atoms with van der Waals surface area (Å²) in [6.07, 6.45) is 2.03. The number of likely N-dealkylation sites (tertiary alicyclic amines) is 1. The molecule has 3 rings (SSSR count). The number of ether oxygens (including phenoxy) is 3. The zero-order valence-electron chi connectivity index (χ0n) is 16.7. The number of benzene rings is 1. The Kier molecular flexibility index (Phi) is 7.76. The molecule has 27 heavy (non-hydrogen) atoms. The smallest absolute Gasteiger partial charge is 0.161 e. The molecule has 2 heterocycles. The van der Waals surface area contributed by atoms with Crippen LogP contribution in [0.4, 0.5) is 0 Å². The molecule has 0 aliphatic carbocycles. The van der Waals surface area contributed by atoms with Gasteiger partial charge in [0.2, 0.25) is 0 Å². The number of methoxy groups -OCH3 is 1. The molecule has 0 radical (unpaired) electrons. The first-order valence-electron chi connectivity index (χ1n) is 10.1. The minimum atomic E-state index is -0.525. The lowest BCUT2D eigenvalue weighted by Gasteiger charge is -2.30. The van der Waals surface area contributed by atoms with Crippen molar-refractivity contribution in [1.82, 2.24) is 9.80 Å². The lowest BCUT2D eigenvalue weighted by Crippen LogP contribution is -2.42. The third-order valence-corrected chi connectivity index (χ3v) is 5.51. The largest absolute Gasteiger partial charge is 0.493 e. The highest BCUT2D eigenvalue weighted by Gasteiger charge is 2.18. The summed E-state index contributed by atoms with van der Waals surface area (Å²) in [5.41, 5.74) is 1.24. The summed E-state index contributed by atoms with van der Waals surface area (Å²) >= 11 is 0. The molecule has 0 unspecified atom stereocenters. The van der Waals surface area contributed by atoms with Crippen molar-refractivity contribution >= 4 is 0 Å². The Labute approximate surface area is 163 Å². The highest BCUT2D eigenvalue weighted by atomic mass is 16.5. The van der Waals surface area contributed by atoms with Gasteiger partial charge in [0.05, 0.1) is 20.3 Å². The van der Waals surface area contributed by atoms with Gasteiger partial charge >= 0.3 is 0 Å². The number of aliphatic hydroxyl groups is 1. The molecule has 1 N–H and O–H groups in total. The van der Waals surface area contributed by atoms with E-state index in [2.05, 4.69) is 28.9 Å². The predicted molar refractivity (Wildman–Crippen MR) is 105 cm³/mol. The molecule has 0 bridgehead atoms. The Morgan fingerprint density at radius 1 is 1.11 bits per heavy atom. The maximum absolute atomic E-state index is 10.3. The second kappa shape index (κ2) is 10.3. The van der Waals surface area contributed by atoms with E-state index in [-0.39, 0.29) is 6.61 Å². The molecule has 1 aromatic rings. The number of aliphatic hydroxyl groups excluding tert-OH is 1. The lowest BCUT2D eigenvalue weighted by molar-refractivity contribution is 0.00445. The highest BCUT2D eigenvalue weighted by molar-refractivity contribution is 5.43. The summed E-state index contributed by atoms with van der Waals surface area (Å²) in [6, 6.07) is 6.12. The topological polar surface area (TPSA) is 54.4 Å². The molecular formula is C21H34N2O4. The van der Waals surface area contributed by atoms with Crippen molar-refractivity contribution in [2.75, 3.05) is 59.7 Å². The van der Waals surface area contributed by atoms with E-state index >= 15 is 0 Å². The quantitative estimate of drug-likeness (QED) is 0.747. The molecule has 152 valence electrons. The molecule has 2 aliphatic heterocycles. The van der Waals surface area contributed by atoms with Gasteiger partial charge in [0.1, 0.15) is 12.7 Å². The van der Waals surface area contributed by atoms with Gasteiger partial charge in [-0.2, -0.15) is 0 Å². The molecule has 0 saturated carbocycles. The number of β-amino-alcohol motifs (C(OH)–C–C–N with tert-alkyl or cyclic N) is 1. The number of hydrogen-bond acceptors (Lipinski definition) is 6. The van der Waals surface area contributed by atoms with E-state index in [1.54, 1.807) is 7.11 Å². The molecular weight excluding hydrogens is 344 g/mol. The van der Waals surface area contributed by atoms with E-state index in [0.717, 1.165) is 57.6 Å². The maximum Gasteiger partial charge on any atom is 0.161 e. The van der Waals surface area contributed by atoms with Gasteiger partial charge < -0.3 is 19.3 Å². The van der Waals surface area contributed by atoms with Gasteiger partial charge in [-0.3, -0.25) is 9.80 Å². The molecule has 1 aromatic carbocycles. The van der Waals surface area contributed by atoms with Gasteiger partial charge in [0, 0.05) is 26.2 Å². The van der Waals surface area contributed by atoms with Crippen LogP contribution in [0.15, 0.2) is 18.2 Å². The van der Waals surface area contributed by atoms with Gasteiger partial charge in [0.15, 0.2) is 11.5 Å². The van der Waals surface area contributed by atoms with E-state index in [1.165, 1.54) is 18.4 Å². The fourth-order valence-corrected chi connectivity index (χ4v) is 3.73. The van der Waals surface area contributed by atoms with Gasteiger partial charge in [-0.25, -0.2) is 0 Å². The van der Waals surface area contributed by atoms with Crippen molar-refractivity contribution in [3.63, 3.8) is 0 Å². The number of nitrogens with zero attached hydrogens (tertiary/aromatic N) is 2. The second-order valence-electron chi connectivity index (χ2n) is 7.82. The van der Waals surface area contributed by atoms with Crippen LogP contribution in [0.5, 0.6) is 11.5 Å². The van der Waals surface area contributed by atoms with E-state index in [4.69, 9.17) is 14.2 Å². The van der Waals surface area contributed by atoms with Crippen molar-refractivity contribution in [1.29, 1.82) is 0 Å². The predicted octanol–water partition coefficient (Wildman–Crippen LogP) is 2.00. The Bertz CT molecular complexity index is 569. The number of piperidine rings is 1. The van der Waals surface area contributed by atoms with Gasteiger partial charge in [-0.05, 0) is 49.5 Å². The Morgan fingerprint density at radius 3 is 2.56 bits per heavy atom. The Balaban J connectivity index is 1.49. The highest BCUT2D eigenvalue weighted by Crippen LogP contribution is 2.29. The molecule has 2 saturated heterocycles. The molecule has 0 spiro atoms. The van der Waals surface area contributed by atoms with Crippen LogP contribution in [0.1, 0.15) is 25.3 Å². The van der Waals surface area contributed by atoms with Crippen LogP contribution < -0.4 is 9.47 Å². The normalized spacial score (nSPS) is 21.1. The van der Waals surface area contributed by atoms with Crippen LogP contribution in [-0.4, -0.2) is 80.7 Å². The summed E-state index contributed by atoms with van der Waals surface area (Å²) in [5.74, 6) is 2.27.